The monoisotopic (exact) mass is 272 g/mol. The first kappa shape index (κ1) is 17.2. The summed E-state index contributed by atoms with van der Waals surface area (Å²) in [7, 11) is -5.67. The molecular weight excluding hydrogens is 262 g/mol. The molecule has 0 saturated heterocycles. The zero-order valence-electron chi connectivity index (χ0n) is 8.28. The van der Waals surface area contributed by atoms with Gasteiger partial charge in [0.05, 0.1) is 0 Å². The molecule has 0 fully saturated rings. The highest BCUT2D eigenvalue weighted by atomic mass is 35.5. The lowest BCUT2D eigenvalue weighted by Gasteiger charge is -1.96. The van der Waals surface area contributed by atoms with Crippen molar-refractivity contribution in [3.05, 3.63) is 35.4 Å². The molecule has 92 valence electrons. The molecule has 0 bridgehead atoms. The van der Waals surface area contributed by atoms with Crippen LogP contribution in [0.2, 0.25) is 0 Å². The highest BCUT2D eigenvalue weighted by Gasteiger charge is 1.94. The molecule has 0 aliphatic heterocycles. The van der Waals surface area contributed by atoms with Gasteiger partial charge in [-0.05, 0) is 6.92 Å². The lowest BCUT2D eigenvalue weighted by molar-refractivity contribution is 0.501. The van der Waals surface area contributed by atoms with Gasteiger partial charge in [0.25, 0.3) is 0 Å². The van der Waals surface area contributed by atoms with Crippen molar-refractivity contribution in [2.45, 2.75) is 6.92 Å². The van der Waals surface area contributed by atoms with Crippen LogP contribution in [0.5, 0.6) is 0 Å². The molecule has 16 heavy (non-hydrogen) atoms. The minimum atomic E-state index is -5.67. The summed E-state index contributed by atoms with van der Waals surface area (Å²) in [4.78, 5) is 0. The van der Waals surface area contributed by atoms with Crippen molar-refractivity contribution >= 4 is 28.9 Å². The van der Waals surface area contributed by atoms with E-state index in [1.165, 1.54) is 5.56 Å². The Morgan fingerprint density at radius 3 is 1.81 bits per heavy atom. The molecule has 8 heteroatoms. The molecule has 0 saturated carbocycles. The van der Waals surface area contributed by atoms with Crippen molar-refractivity contribution < 1.29 is 16.2 Å². The van der Waals surface area contributed by atoms with E-state index in [4.69, 9.17) is 19.6 Å². The van der Waals surface area contributed by atoms with Crippen molar-refractivity contribution in [2.75, 3.05) is 0 Å². The van der Waals surface area contributed by atoms with Gasteiger partial charge in [-0.15, -0.1) is 12.4 Å². The van der Waals surface area contributed by atoms with Gasteiger partial charge in [0.2, 0.25) is 0 Å². The number of halogens is 3. The molecule has 0 aliphatic carbocycles. The zero-order chi connectivity index (χ0) is 12.1. The van der Waals surface area contributed by atoms with Gasteiger partial charge in [0.1, 0.15) is 5.84 Å². The van der Waals surface area contributed by atoms with Crippen LogP contribution < -0.4 is 5.73 Å². The Kier molecular flexibility index (Phi) is 7.66. The Hall–Kier alpha value is -1.21. The molecule has 0 heterocycles. The third kappa shape index (κ3) is 10.9. The number of nitrogens with two attached hydrogens (primary N) is 1. The van der Waals surface area contributed by atoms with Crippen LogP contribution in [0.15, 0.2) is 24.3 Å². The highest BCUT2D eigenvalue weighted by Crippen LogP contribution is 2.00. The van der Waals surface area contributed by atoms with Crippen molar-refractivity contribution in [3.63, 3.8) is 0 Å². The van der Waals surface area contributed by atoms with Crippen LogP contribution >= 0.6 is 12.4 Å². The fourth-order valence-corrected chi connectivity index (χ4v) is 0.733. The fourth-order valence-electron chi connectivity index (χ4n) is 0.733. The molecule has 0 spiro atoms. The van der Waals surface area contributed by atoms with Gasteiger partial charge >= 0.3 is 10.6 Å². The predicted molar refractivity (Wildman–Crippen MR) is 60.6 cm³/mol. The molecule has 4 nitrogen and oxygen atoms in total. The Morgan fingerprint density at radius 2 is 1.56 bits per heavy atom. The van der Waals surface area contributed by atoms with E-state index in [9.17, 15) is 7.77 Å². The molecular formula is C8H11ClF2N2O2S. The fraction of sp³-hybridized carbons (Fsp3) is 0.125. The number of benzene rings is 1. The van der Waals surface area contributed by atoms with E-state index in [1.807, 2.05) is 31.2 Å². The van der Waals surface area contributed by atoms with E-state index in [1.54, 1.807) is 0 Å². The number of aryl methyl sites for hydroxylation is 1. The van der Waals surface area contributed by atoms with Gasteiger partial charge < -0.3 is 5.73 Å². The van der Waals surface area contributed by atoms with E-state index in [-0.39, 0.29) is 18.2 Å². The van der Waals surface area contributed by atoms with Crippen molar-refractivity contribution in [1.82, 2.24) is 0 Å². The van der Waals surface area contributed by atoms with Crippen LogP contribution in [-0.4, -0.2) is 14.3 Å². The van der Waals surface area contributed by atoms with Gasteiger partial charge in [-0.25, -0.2) is 0 Å². The largest absolute Gasteiger partial charge is 0.476 e. The third-order valence-electron chi connectivity index (χ3n) is 1.36. The Balaban J connectivity index is 0. The van der Waals surface area contributed by atoms with E-state index >= 15 is 0 Å². The number of hydrogen-bond donors (Lipinski definition) is 2. The molecule has 1 aromatic carbocycles. The number of hydrogen-bond acceptors (Lipinski definition) is 3. The minimum Gasteiger partial charge on any atom is -0.384 e. The normalized spacial score (nSPS) is 9.44. The standard InChI is InChI=1S/C8H10N2.ClH.F2O2S/c1-6-2-4-7(5-3-6)8(9)10;;1-5(2,3)4/h2-5H,1H3,(H3,9,10);1H;. The van der Waals surface area contributed by atoms with E-state index in [0.717, 1.165) is 5.56 Å². The lowest BCUT2D eigenvalue weighted by atomic mass is 10.1. The summed E-state index contributed by atoms with van der Waals surface area (Å²) in [6.45, 7) is 2.00. The molecule has 1 rings (SSSR count). The summed E-state index contributed by atoms with van der Waals surface area (Å²) < 4.78 is 36.6. The van der Waals surface area contributed by atoms with E-state index in [2.05, 4.69) is 0 Å². The number of rotatable bonds is 1. The first-order valence-electron chi connectivity index (χ1n) is 3.75. The SMILES string of the molecule is Cc1ccc(C(=N)N)cc1.Cl.O=S(=O)(F)F. The van der Waals surface area contributed by atoms with Crippen LogP contribution in [0, 0.1) is 12.3 Å². The van der Waals surface area contributed by atoms with Gasteiger partial charge in [0.15, 0.2) is 0 Å². The minimum absolute atomic E-state index is 0. The zero-order valence-corrected chi connectivity index (χ0v) is 9.91. The molecule has 1 aromatic rings. The first-order chi connectivity index (χ1) is 6.70. The maximum absolute atomic E-state index is 9.99. The number of amidine groups is 1. The summed E-state index contributed by atoms with van der Waals surface area (Å²) in [6, 6.07) is 7.57. The molecule has 0 atom stereocenters. The summed E-state index contributed by atoms with van der Waals surface area (Å²) >= 11 is 0. The smallest absolute Gasteiger partial charge is 0.384 e. The molecule has 0 aromatic heterocycles. The van der Waals surface area contributed by atoms with E-state index in [0.29, 0.717) is 0 Å². The van der Waals surface area contributed by atoms with Crippen LogP contribution in [0.4, 0.5) is 7.77 Å². The summed E-state index contributed by atoms with van der Waals surface area (Å²) in [6.07, 6.45) is 0. The maximum atomic E-state index is 9.99. The average molecular weight is 273 g/mol. The Bertz CT molecular complexity index is 426. The van der Waals surface area contributed by atoms with Gasteiger partial charge in [-0.2, -0.15) is 8.42 Å². The second kappa shape index (κ2) is 7.13. The Labute approximate surface area is 98.9 Å². The summed E-state index contributed by atoms with van der Waals surface area (Å²) in [5, 5.41) is 7.08. The van der Waals surface area contributed by atoms with Crippen molar-refractivity contribution in [3.8, 4) is 0 Å². The summed E-state index contributed by atoms with van der Waals surface area (Å²) in [5.41, 5.74) is 7.22. The van der Waals surface area contributed by atoms with Gasteiger partial charge in [-0.1, -0.05) is 37.6 Å². The van der Waals surface area contributed by atoms with E-state index < -0.39 is 10.6 Å². The van der Waals surface area contributed by atoms with Gasteiger partial charge in [0, 0.05) is 5.56 Å². The number of nitrogens with one attached hydrogen (secondary N) is 1. The molecule has 0 amide bonds. The lowest BCUT2D eigenvalue weighted by Crippen LogP contribution is -2.10. The van der Waals surface area contributed by atoms with Crippen molar-refractivity contribution in [2.24, 2.45) is 5.73 Å². The third-order valence-corrected chi connectivity index (χ3v) is 1.36. The first-order valence-corrected chi connectivity index (χ1v) is 5.04. The van der Waals surface area contributed by atoms with Crippen LogP contribution in [-0.2, 0) is 10.6 Å². The maximum Gasteiger partial charge on any atom is 0.476 e. The molecule has 0 aliphatic rings. The average Bonchev–Trinajstić information content (AvgIpc) is 2.01. The molecule has 0 radical (unpaired) electrons. The predicted octanol–water partition coefficient (Wildman–Crippen LogP) is 1.87. The van der Waals surface area contributed by atoms with Crippen molar-refractivity contribution in [1.29, 1.82) is 5.41 Å². The van der Waals surface area contributed by atoms with Crippen LogP contribution in [0.3, 0.4) is 0 Å². The molecule has 3 N–H and O–H groups in total. The molecule has 0 unspecified atom stereocenters. The second-order valence-corrected chi connectivity index (χ2v) is 3.41. The van der Waals surface area contributed by atoms with Crippen LogP contribution in [0.1, 0.15) is 11.1 Å². The number of nitrogen functional groups attached to an aromatic ring is 1. The Morgan fingerprint density at radius 1 is 1.25 bits per heavy atom. The second-order valence-electron chi connectivity index (χ2n) is 2.66. The topological polar surface area (TPSA) is 84.0 Å². The van der Waals surface area contributed by atoms with Gasteiger partial charge in [-0.3, -0.25) is 5.41 Å². The van der Waals surface area contributed by atoms with Crippen LogP contribution in [0.25, 0.3) is 0 Å². The highest BCUT2D eigenvalue weighted by molar-refractivity contribution is 7.81. The summed E-state index contributed by atoms with van der Waals surface area (Å²) in [5.74, 6) is 0.125. The quantitative estimate of drug-likeness (QED) is 0.465.